The van der Waals surface area contributed by atoms with E-state index in [2.05, 4.69) is 15.3 Å². The number of nitrogens with two attached hydrogens (primary N) is 4. The fourth-order valence-corrected chi connectivity index (χ4v) is 4.42. The summed E-state index contributed by atoms with van der Waals surface area (Å²) < 4.78 is 0. The summed E-state index contributed by atoms with van der Waals surface area (Å²) in [6, 6.07) is 7.55. The van der Waals surface area contributed by atoms with E-state index in [0.29, 0.717) is 55.6 Å². The summed E-state index contributed by atoms with van der Waals surface area (Å²) in [5.74, 6) is 1.55. The Hall–Kier alpha value is -2.24. The van der Waals surface area contributed by atoms with Gasteiger partial charge in [0.1, 0.15) is 0 Å². The van der Waals surface area contributed by atoms with Gasteiger partial charge in [0, 0.05) is 61.9 Å². The van der Waals surface area contributed by atoms with Gasteiger partial charge < -0.3 is 38.1 Å². The first-order chi connectivity index (χ1) is 14.9. The highest BCUT2D eigenvalue weighted by atomic mass is 35.5. The average molecular weight is 447 g/mol. The molecule has 0 aliphatic carbocycles. The summed E-state index contributed by atoms with van der Waals surface area (Å²) in [6.45, 7) is 3.04. The van der Waals surface area contributed by atoms with Crippen LogP contribution in [0.25, 0.3) is 0 Å². The molecule has 0 spiro atoms. The highest BCUT2D eigenvalue weighted by Gasteiger charge is 2.28. The predicted octanol–water partition coefficient (Wildman–Crippen LogP) is -0.133. The van der Waals surface area contributed by atoms with Crippen molar-refractivity contribution in [2.45, 2.75) is 43.6 Å². The first kappa shape index (κ1) is 22.0. The van der Waals surface area contributed by atoms with E-state index in [1.807, 2.05) is 34.1 Å². The summed E-state index contributed by atoms with van der Waals surface area (Å²) in [4.78, 5) is 18.1. The van der Waals surface area contributed by atoms with Crippen molar-refractivity contribution in [1.82, 2.24) is 15.0 Å². The molecular formula is C20H31ClN10. The lowest BCUT2D eigenvalue weighted by molar-refractivity contribution is 0.441. The maximum atomic E-state index is 6.30. The molecular weight excluding hydrogens is 416 g/mol. The summed E-state index contributed by atoms with van der Waals surface area (Å²) in [5, 5.41) is 3.97. The lowest BCUT2D eigenvalue weighted by atomic mass is 10.0. The number of rotatable bonds is 5. The standard InChI is InChI=1S/C20H31ClN10/c21-17-4-2-1-3-12(17)7-26-18-27-19(30-8-13(22)5-14(23)9-30)29-20(28-18)31-10-15(24)6-16(25)11-31/h1-4,13-16H,5-11,22-25H2,(H,26,27,28,29). The lowest BCUT2D eigenvalue weighted by Crippen LogP contribution is -2.54. The van der Waals surface area contributed by atoms with E-state index in [9.17, 15) is 0 Å². The highest BCUT2D eigenvalue weighted by molar-refractivity contribution is 6.31. The van der Waals surface area contributed by atoms with Crippen molar-refractivity contribution in [3.8, 4) is 0 Å². The van der Waals surface area contributed by atoms with Crippen LogP contribution in [-0.4, -0.2) is 65.3 Å². The van der Waals surface area contributed by atoms with E-state index in [1.165, 1.54) is 0 Å². The van der Waals surface area contributed by atoms with Crippen LogP contribution in [0.5, 0.6) is 0 Å². The van der Waals surface area contributed by atoms with Gasteiger partial charge in [-0.15, -0.1) is 0 Å². The number of halogens is 1. The van der Waals surface area contributed by atoms with Crippen LogP contribution < -0.4 is 38.1 Å². The largest absolute Gasteiger partial charge is 0.350 e. The van der Waals surface area contributed by atoms with Crippen molar-refractivity contribution in [2.75, 3.05) is 41.3 Å². The third-order valence-corrected chi connectivity index (χ3v) is 5.97. The van der Waals surface area contributed by atoms with Crippen molar-refractivity contribution in [3.63, 3.8) is 0 Å². The summed E-state index contributed by atoms with van der Waals surface area (Å²) >= 11 is 6.30. The fraction of sp³-hybridized carbons (Fsp3) is 0.550. The van der Waals surface area contributed by atoms with Gasteiger partial charge in [0.25, 0.3) is 0 Å². The van der Waals surface area contributed by atoms with Crippen molar-refractivity contribution in [1.29, 1.82) is 0 Å². The minimum absolute atomic E-state index is 0.0275. The molecule has 4 atom stereocenters. The highest BCUT2D eigenvalue weighted by Crippen LogP contribution is 2.23. The molecule has 4 rings (SSSR count). The number of hydrogen-bond donors (Lipinski definition) is 5. The Balaban J connectivity index is 1.62. The van der Waals surface area contributed by atoms with Gasteiger partial charge in [-0.3, -0.25) is 0 Å². The molecule has 2 fully saturated rings. The molecule has 10 nitrogen and oxygen atoms in total. The molecule has 0 radical (unpaired) electrons. The molecule has 4 unspecified atom stereocenters. The molecule has 3 heterocycles. The maximum Gasteiger partial charge on any atom is 0.232 e. The van der Waals surface area contributed by atoms with Crippen LogP contribution in [0.2, 0.25) is 5.02 Å². The van der Waals surface area contributed by atoms with Crippen molar-refractivity contribution < 1.29 is 0 Å². The third-order valence-electron chi connectivity index (χ3n) is 5.60. The Kier molecular flexibility index (Phi) is 6.73. The van der Waals surface area contributed by atoms with E-state index < -0.39 is 0 Å². The van der Waals surface area contributed by atoms with E-state index in [4.69, 9.17) is 39.5 Å². The van der Waals surface area contributed by atoms with E-state index in [1.54, 1.807) is 0 Å². The third kappa shape index (κ3) is 5.52. The normalized spacial score (nSPS) is 26.7. The molecule has 0 saturated carbocycles. The minimum atomic E-state index is -0.0275. The SMILES string of the molecule is NC1CC(N)CN(c2nc(NCc3ccccc3Cl)nc(N3CC(N)CC(N)C3)n2)C1. The zero-order chi connectivity index (χ0) is 22.0. The molecule has 2 aliphatic heterocycles. The topological polar surface area (TPSA) is 161 Å². The summed E-state index contributed by atoms with van der Waals surface area (Å²) in [5.41, 5.74) is 25.7. The Morgan fingerprint density at radius 2 is 1.29 bits per heavy atom. The zero-order valence-corrected chi connectivity index (χ0v) is 18.2. The number of piperidine rings is 2. The van der Waals surface area contributed by atoms with Gasteiger partial charge in [0.05, 0.1) is 0 Å². The van der Waals surface area contributed by atoms with Gasteiger partial charge in [-0.1, -0.05) is 29.8 Å². The zero-order valence-electron chi connectivity index (χ0n) is 17.5. The van der Waals surface area contributed by atoms with E-state index in [0.717, 1.165) is 18.4 Å². The van der Waals surface area contributed by atoms with Gasteiger partial charge in [-0.2, -0.15) is 15.0 Å². The van der Waals surface area contributed by atoms with E-state index >= 15 is 0 Å². The Morgan fingerprint density at radius 1 is 0.806 bits per heavy atom. The smallest absolute Gasteiger partial charge is 0.232 e. The molecule has 0 bridgehead atoms. The fourth-order valence-electron chi connectivity index (χ4n) is 4.22. The minimum Gasteiger partial charge on any atom is -0.350 e. The van der Waals surface area contributed by atoms with Gasteiger partial charge in [0.15, 0.2) is 0 Å². The second kappa shape index (κ2) is 9.49. The second-order valence-corrected chi connectivity index (χ2v) is 8.93. The second-order valence-electron chi connectivity index (χ2n) is 8.53. The monoisotopic (exact) mass is 446 g/mol. The first-order valence-corrected chi connectivity index (χ1v) is 11.0. The Morgan fingerprint density at radius 3 is 1.77 bits per heavy atom. The molecule has 2 saturated heterocycles. The van der Waals surface area contributed by atoms with E-state index in [-0.39, 0.29) is 24.2 Å². The predicted molar refractivity (Wildman–Crippen MR) is 124 cm³/mol. The molecule has 1 aromatic carbocycles. The van der Waals surface area contributed by atoms with Gasteiger partial charge >= 0.3 is 0 Å². The molecule has 11 heteroatoms. The van der Waals surface area contributed by atoms with Gasteiger partial charge in [-0.25, -0.2) is 0 Å². The van der Waals surface area contributed by atoms with Crippen molar-refractivity contribution >= 4 is 29.4 Å². The molecule has 168 valence electrons. The Labute approximate surface area is 187 Å². The van der Waals surface area contributed by atoms with Crippen molar-refractivity contribution in [3.05, 3.63) is 34.9 Å². The van der Waals surface area contributed by atoms with Crippen LogP contribution in [0.4, 0.5) is 17.8 Å². The number of nitrogens with one attached hydrogen (secondary N) is 1. The molecule has 0 amide bonds. The van der Waals surface area contributed by atoms with Crippen LogP contribution in [0.1, 0.15) is 18.4 Å². The lowest BCUT2D eigenvalue weighted by Gasteiger charge is -2.37. The maximum absolute atomic E-state index is 6.30. The van der Waals surface area contributed by atoms with Crippen LogP contribution in [0.3, 0.4) is 0 Å². The number of anilines is 3. The van der Waals surface area contributed by atoms with Gasteiger partial charge in [0.2, 0.25) is 17.8 Å². The molecule has 9 N–H and O–H groups in total. The molecule has 1 aromatic heterocycles. The molecule has 31 heavy (non-hydrogen) atoms. The summed E-state index contributed by atoms with van der Waals surface area (Å²) in [7, 11) is 0. The van der Waals surface area contributed by atoms with Crippen LogP contribution in [0, 0.1) is 0 Å². The quantitative estimate of drug-likeness (QED) is 0.418. The number of aromatic nitrogens is 3. The first-order valence-electron chi connectivity index (χ1n) is 10.6. The van der Waals surface area contributed by atoms with Gasteiger partial charge in [-0.05, 0) is 24.5 Å². The molecule has 2 aromatic rings. The van der Waals surface area contributed by atoms with Crippen LogP contribution >= 0.6 is 11.6 Å². The average Bonchev–Trinajstić information content (AvgIpc) is 2.71. The van der Waals surface area contributed by atoms with Crippen molar-refractivity contribution in [2.24, 2.45) is 22.9 Å². The number of nitrogens with zero attached hydrogens (tertiary/aromatic N) is 5. The number of benzene rings is 1. The molecule has 2 aliphatic rings. The van der Waals surface area contributed by atoms with Crippen LogP contribution in [-0.2, 0) is 6.54 Å². The summed E-state index contributed by atoms with van der Waals surface area (Å²) in [6.07, 6.45) is 1.56. The number of hydrogen-bond acceptors (Lipinski definition) is 10. The Bertz CT molecular complexity index is 832. The van der Waals surface area contributed by atoms with Crippen LogP contribution in [0.15, 0.2) is 24.3 Å².